The van der Waals surface area contributed by atoms with Crippen LogP contribution in [0, 0.1) is 0 Å². The van der Waals surface area contributed by atoms with Crippen molar-refractivity contribution in [1.29, 1.82) is 0 Å². The molecule has 0 spiro atoms. The Kier molecular flexibility index (Phi) is 7.91. The molecule has 2 aromatic carbocycles. The first-order valence-electron chi connectivity index (χ1n) is 14.8. The van der Waals surface area contributed by atoms with Gasteiger partial charge >= 0.3 is 6.09 Å². The van der Waals surface area contributed by atoms with Crippen molar-refractivity contribution in [2.45, 2.75) is 63.9 Å². The third-order valence-corrected chi connectivity index (χ3v) is 8.10. The number of rotatable bonds is 5. The maximum absolute atomic E-state index is 15.3. The van der Waals surface area contributed by atoms with Crippen LogP contribution in [0.25, 0.3) is 22.3 Å². The van der Waals surface area contributed by atoms with Crippen LogP contribution in [0.15, 0.2) is 60.9 Å². The summed E-state index contributed by atoms with van der Waals surface area (Å²) in [6.07, 6.45) is 2.06. The van der Waals surface area contributed by atoms with Gasteiger partial charge in [0, 0.05) is 31.2 Å². The number of nitrogens with two attached hydrogens (primary N) is 1. The summed E-state index contributed by atoms with van der Waals surface area (Å²) < 4.78 is 28.7. The van der Waals surface area contributed by atoms with E-state index in [2.05, 4.69) is 14.9 Å². The van der Waals surface area contributed by atoms with Crippen LogP contribution < -0.4 is 10.5 Å². The molecule has 2 aliphatic heterocycles. The molecule has 1 amide bonds. The zero-order valence-corrected chi connectivity index (χ0v) is 24.8. The molecule has 43 heavy (non-hydrogen) atoms. The molecule has 10 nitrogen and oxygen atoms in total. The van der Waals surface area contributed by atoms with Crippen molar-refractivity contribution in [3.8, 4) is 22.8 Å². The second-order valence-electron chi connectivity index (χ2n) is 12.3. The number of amides is 1. The van der Waals surface area contributed by atoms with Crippen LogP contribution in [-0.2, 0) is 4.74 Å². The van der Waals surface area contributed by atoms with E-state index >= 15 is 4.39 Å². The van der Waals surface area contributed by atoms with Gasteiger partial charge in [0.15, 0.2) is 5.65 Å². The number of carbonyl (C=O) groups excluding carboxylic acids is 1. The number of nitrogen functional groups attached to an aromatic ring is 1. The molecule has 226 valence electrons. The van der Waals surface area contributed by atoms with Gasteiger partial charge in [0.2, 0.25) is 0 Å². The van der Waals surface area contributed by atoms with Crippen LogP contribution >= 0.6 is 0 Å². The summed E-state index contributed by atoms with van der Waals surface area (Å²) in [4.78, 5) is 25.0. The standard InChI is InChI=1S/C32H38FN7O3/c1-32(2,3)43-31(41)39-18-15-26(25(33)19-39)38-16-13-22(14-17-38)40-30-27(29(34)35-20-36-30)28(37-40)21-9-11-24(12-10-21)42-23-7-5-4-6-8-23/h4-12,20,22,25-26H,13-19H2,1-3H3,(H2,34,35,36)/t25-,26+/m1/s1. The number of fused-ring (bicyclic) bond motifs is 1. The first kappa shape index (κ1) is 28.9. The lowest BCUT2D eigenvalue weighted by Gasteiger charge is -2.43. The molecule has 0 radical (unpaired) electrons. The number of ether oxygens (including phenoxy) is 2. The summed E-state index contributed by atoms with van der Waals surface area (Å²) in [6.45, 7) is 7.45. The summed E-state index contributed by atoms with van der Waals surface area (Å²) in [5.74, 6) is 1.87. The number of hydrogen-bond donors (Lipinski definition) is 1. The second kappa shape index (κ2) is 11.8. The summed E-state index contributed by atoms with van der Waals surface area (Å²) in [7, 11) is 0. The molecule has 2 aromatic heterocycles. The van der Waals surface area contributed by atoms with Crippen LogP contribution in [0.5, 0.6) is 11.5 Å². The van der Waals surface area contributed by atoms with Gasteiger partial charge in [-0.05, 0) is 76.4 Å². The normalized spacial score (nSPS) is 20.3. The molecule has 0 saturated carbocycles. The highest BCUT2D eigenvalue weighted by Crippen LogP contribution is 2.36. The van der Waals surface area contributed by atoms with E-state index in [4.69, 9.17) is 20.3 Å². The number of alkyl halides is 1. The van der Waals surface area contributed by atoms with Crippen LogP contribution in [0.3, 0.4) is 0 Å². The Morgan fingerprint density at radius 1 is 0.953 bits per heavy atom. The lowest BCUT2D eigenvalue weighted by atomic mass is 9.97. The van der Waals surface area contributed by atoms with Crippen LogP contribution in [0.4, 0.5) is 15.0 Å². The molecule has 0 aliphatic carbocycles. The largest absolute Gasteiger partial charge is 0.457 e. The molecule has 2 fully saturated rings. The molecular formula is C32H38FN7O3. The van der Waals surface area contributed by atoms with Gasteiger partial charge in [0.1, 0.15) is 41.1 Å². The number of benzene rings is 2. The topological polar surface area (TPSA) is 112 Å². The van der Waals surface area contributed by atoms with Crippen molar-refractivity contribution in [2.24, 2.45) is 0 Å². The molecule has 2 N–H and O–H groups in total. The zero-order chi connectivity index (χ0) is 30.1. The van der Waals surface area contributed by atoms with Crippen molar-refractivity contribution in [3.63, 3.8) is 0 Å². The summed E-state index contributed by atoms with van der Waals surface area (Å²) in [5, 5.41) is 5.73. The van der Waals surface area contributed by atoms with Gasteiger partial charge in [-0.1, -0.05) is 18.2 Å². The molecule has 0 bridgehead atoms. The molecule has 2 saturated heterocycles. The number of nitrogens with zero attached hydrogens (tertiary/aromatic N) is 6. The maximum Gasteiger partial charge on any atom is 0.410 e. The van der Waals surface area contributed by atoms with E-state index in [9.17, 15) is 4.79 Å². The molecular weight excluding hydrogens is 549 g/mol. The molecule has 4 heterocycles. The monoisotopic (exact) mass is 587 g/mol. The van der Waals surface area contributed by atoms with Crippen LogP contribution in [-0.4, -0.2) is 79.6 Å². The molecule has 2 atom stereocenters. The fraction of sp³-hybridized carbons (Fsp3) is 0.438. The number of halogens is 1. The van der Waals surface area contributed by atoms with E-state index in [1.807, 2.05) is 80.1 Å². The molecule has 2 aliphatic rings. The summed E-state index contributed by atoms with van der Waals surface area (Å²) in [6, 6.07) is 17.2. The van der Waals surface area contributed by atoms with Crippen molar-refractivity contribution < 1.29 is 18.7 Å². The minimum absolute atomic E-state index is 0.0536. The van der Waals surface area contributed by atoms with Crippen molar-refractivity contribution in [2.75, 3.05) is 31.9 Å². The van der Waals surface area contributed by atoms with Crippen molar-refractivity contribution in [3.05, 3.63) is 60.9 Å². The Labute approximate surface area is 250 Å². The maximum atomic E-state index is 15.3. The van der Waals surface area contributed by atoms with Gasteiger partial charge < -0.3 is 20.1 Å². The average molecular weight is 588 g/mol. The third-order valence-electron chi connectivity index (χ3n) is 8.10. The van der Waals surface area contributed by atoms with Crippen molar-refractivity contribution >= 4 is 22.9 Å². The lowest BCUT2D eigenvalue weighted by molar-refractivity contribution is -0.0107. The second-order valence-corrected chi connectivity index (χ2v) is 12.3. The highest BCUT2D eigenvalue weighted by molar-refractivity contribution is 5.98. The van der Waals surface area contributed by atoms with E-state index in [-0.39, 0.29) is 18.6 Å². The SMILES string of the molecule is CC(C)(C)OC(=O)N1CC[C@H](N2CCC(n3nc(-c4ccc(Oc5ccccc5)cc4)c4c(N)ncnc43)CC2)[C@H](F)C1. The number of likely N-dealkylation sites (tertiary alicyclic amines) is 2. The molecule has 6 rings (SSSR count). The molecule has 0 unspecified atom stereocenters. The number of para-hydroxylation sites is 1. The summed E-state index contributed by atoms with van der Waals surface area (Å²) in [5.41, 5.74) is 8.06. The van der Waals surface area contributed by atoms with E-state index in [0.29, 0.717) is 24.4 Å². The lowest BCUT2D eigenvalue weighted by Crippen LogP contribution is -2.56. The first-order chi connectivity index (χ1) is 20.7. The van der Waals surface area contributed by atoms with E-state index in [0.717, 1.165) is 54.1 Å². The Hall–Kier alpha value is -4.25. The Morgan fingerprint density at radius 2 is 1.65 bits per heavy atom. The number of anilines is 1. The van der Waals surface area contributed by atoms with Crippen LogP contribution in [0.1, 0.15) is 46.1 Å². The number of piperidine rings is 2. The highest BCUT2D eigenvalue weighted by Gasteiger charge is 2.38. The van der Waals surface area contributed by atoms with Gasteiger partial charge in [-0.2, -0.15) is 5.10 Å². The fourth-order valence-electron chi connectivity index (χ4n) is 6.02. The Morgan fingerprint density at radius 3 is 2.33 bits per heavy atom. The average Bonchev–Trinajstić information content (AvgIpc) is 3.38. The van der Waals surface area contributed by atoms with Crippen molar-refractivity contribution in [1.82, 2.24) is 29.5 Å². The quantitative estimate of drug-likeness (QED) is 0.309. The van der Waals surface area contributed by atoms with E-state index in [1.54, 1.807) is 0 Å². The number of aromatic nitrogens is 4. The molecule has 4 aromatic rings. The van der Waals surface area contributed by atoms with Gasteiger partial charge in [0.05, 0.1) is 18.0 Å². The summed E-state index contributed by atoms with van der Waals surface area (Å²) >= 11 is 0. The van der Waals surface area contributed by atoms with Gasteiger partial charge in [-0.3, -0.25) is 4.90 Å². The van der Waals surface area contributed by atoms with Gasteiger partial charge in [0.25, 0.3) is 0 Å². The predicted molar refractivity (Wildman–Crippen MR) is 163 cm³/mol. The van der Waals surface area contributed by atoms with Gasteiger partial charge in [-0.15, -0.1) is 0 Å². The Balaban J connectivity index is 1.15. The third kappa shape index (κ3) is 6.27. The fourth-order valence-corrected chi connectivity index (χ4v) is 6.02. The minimum Gasteiger partial charge on any atom is -0.457 e. The van der Waals surface area contributed by atoms with E-state index in [1.165, 1.54) is 11.2 Å². The predicted octanol–water partition coefficient (Wildman–Crippen LogP) is 5.85. The van der Waals surface area contributed by atoms with Crippen LogP contribution in [0.2, 0.25) is 0 Å². The smallest absolute Gasteiger partial charge is 0.410 e. The number of hydrogen-bond acceptors (Lipinski definition) is 8. The first-order valence-corrected chi connectivity index (χ1v) is 14.8. The minimum atomic E-state index is -1.13. The van der Waals surface area contributed by atoms with Gasteiger partial charge in [-0.25, -0.2) is 23.8 Å². The van der Waals surface area contributed by atoms with E-state index < -0.39 is 17.9 Å². The Bertz CT molecular complexity index is 1560. The molecule has 11 heteroatoms. The highest BCUT2D eigenvalue weighted by atomic mass is 19.1. The number of carbonyl (C=O) groups is 1. The zero-order valence-electron chi connectivity index (χ0n) is 24.8.